The Morgan fingerprint density at radius 1 is 1.10 bits per heavy atom. The minimum atomic E-state index is -0.194. The summed E-state index contributed by atoms with van der Waals surface area (Å²) in [4.78, 5) is 0. The van der Waals surface area contributed by atoms with Gasteiger partial charge in [-0.2, -0.15) is 0 Å². The molecule has 4 aliphatic rings. The molecule has 2 N–H and O–H groups in total. The molecule has 0 aromatic carbocycles. The van der Waals surface area contributed by atoms with Gasteiger partial charge in [0.1, 0.15) is 0 Å². The zero-order valence-corrected chi connectivity index (χ0v) is 19.2. The fraction of sp³-hybridized carbons (Fsp3) is 0.852. The van der Waals surface area contributed by atoms with E-state index >= 15 is 0 Å². The third kappa shape index (κ3) is 3.57. The van der Waals surface area contributed by atoms with Gasteiger partial charge in [-0.1, -0.05) is 51.5 Å². The Balaban J connectivity index is 1.55. The molecule has 3 saturated carbocycles. The standard InChI is InChI=1S/C27H44O2/c1-18(2)6-5-7-19(3)23-10-11-24-22-9-8-20-16-21(29)12-15-27(20,17-28)25(22)13-14-26(23,24)4/h5,7-8,18-19,21-25,28-29H,6,9-17H2,1-4H3/b7-5+/t19-,21-,22-,23+,24-,25-,26+,27+/m0/s1. The van der Waals surface area contributed by atoms with Crippen LogP contribution in [0.5, 0.6) is 0 Å². The first-order chi connectivity index (χ1) is 13.8. The summed E-state index contributed by atoms with van der Waals surface area (Å²) < 4.78 is 0. The van der Waals surface area contributed by atoms with Gasteiger partial charge in [0.15, 0.2) is 0 Å². The SMILES string of the molecule is CC(C)C/C=C/[C@H](C)[C@H]1CC[C@H]2[C@@H]3CC=C4C[C@@H](O)CC[C@]4(CO)[C@H]3CC[C@]12C. The van der Waals surface area contributed by atoms with Crippen LogP contribution in [0.1, 0.15) is 85.5 Å². The summed E-state index contributed by atoms with van der Waals surface area (Å²) in [5, 5.41) is 20.8. The zero-order chi connectivity index (χ0) is 20.8. The Bertz CT molecular complexity index is 649. The highest BCUT2D eigenvalue weighted by Crippen LogP contribution is 2.67. The zero-order valence-electron chi connectivity index (χ0n) is 19.2. The molecule has 4 aliphatic carbocycles. The lowest BCUT2D eigenvalue weighted by Crippen LogP contribution is -2.53. The lowest BCUT2D eigenvalue weighted by atomic mass is 9.46. The summed E-state index contributed by atoms with van der Waals surface area (Å²) in [6.07, 6.45) is 17.6. The maximum Gasteiger partial charge on any atom is 0.0577 e. The maximum absolute atomic E-state index is 10.6. The van der Waals surface area contributed by atoms with Crippen molar-refractivity contribution in [1.82, 2.24) is 0 Å². The van der Waals surface area contributed by atoms with Crippen molar-refractivity contribution in [1.29, 1.82) is 0 Å². The third-order valence-corrected chi connectivity index (χ3v) is 9.84. The molecule has 0 aromatic rings. The lowest BCUT2D eigenvalue weighted by Gasteiger charge is -2.58. The number of rotatable bonds is 5. The van der Waals surface area contributed by atoms with E-state index in [1.54, 1.807) is 0 Å². The number of fused-ring (bicyclic) bond motifs is 5. The molecule has 0 bridgehead atoms. The summed E-state index contributed by atoms with van der Waals surface area (Å²) in [6, 6.07) is 0. The number of hydrogen-bond acceptors (Lipinski definition) is 2. The predicted octanol–water partition coefficient (Wildman–Crippen LogP) is 6.14. The van der Waals surface area contributed by atoms with Gasteiger partial charge < -0.3 is 10.2 Å². The van der Waals surface area contributed by atoms with Crippen molar-refractivity contribution in [2.24, 2.45) is 46.3 Å². The second kappa shape index (κ2) is 8.15. The predicted molar refractivity (Wildman–Crippen MR) is 120 cm³/mol. The normalized spacial score (nSPS) is 45.6. The molecule has 8 atom stereocenters. The van der Waals surface area contributed by atoms with Crippen LogP contribution < -0.4 is 0 Å². The summed E-state index contributed by atoms with van der Waals surface area (Å²) in [5.74, 6) is 4.39. The first-order valence-corrected chi connectivity index (χ1v) is 12.5. The summed E-state index contributed by atoms with van der Waals surface area (Å²) in [6.45, 7) is 9.95. The molecule has 0 aromatic heterocycles. The van der Waals surface area contributed by atoms with Crippen LogP contribution in [0.4, 0.5) is 0 Å². The average Bonchev–Trinajstić information content (AvgIpc) is 3.04. The van der Waals surface area contributed by atoms with Crippen molar-refractivity contribution in [3.05, 3.63) is 23.8 Å². The van der Waals surface area contributed by atoms with E-state index in [1.807, 2.05) is 0 Å². The van der Waals surface area contributed by atoms with Crippen molar-refractivity contribution in [2.45, 2.75) is 91.6 Å². The highest BCUT2D eigenvalue weighted by Gasteiger charge is 2.60. The van der Waals surface area contributed by atoms with Gasteiger partial charge >= 0.3 is 0 Å². The van der Waals surface area contributed by atoms with Crippen molar-refractivity contribution in [3.63, 3.8) is 0 Å². The molecule has 0 saturated heterocycles. The molecule has 0 amide bonds. The van der Waals surface area contributed by atoms with E-state index in [1.165, 1.54) is 44.1 Å². The Labute approximate surface area is 178 Å². The molecule has 0 heterocycles. The highest BCUT2D eigenvalue weighted by atomic mass is 16.3. The van der Waals surface area contributed by atoms with Crippen molar-refractivity contribution in [3.8, 4) is 0 Å². The quantitative estimate of drug-likeness (QED) is 0.544. The molecule has 0 spiro atoms. The number of aliphatic hydroxyl groups is 2. The van der Waals surface area contributed by atoms with E-state index in [2.05, 4.69) is 45.9 Å². The topological polar surface area (TPSA) is 40.5 Å². The largest absolute Gasteiger partial charge is 0.395 e. The van der Waals surface area contributed by atoms with Gasteiger partial charge in [0.25, 0.3) is 0 Å². The van der Waals surface area contributed by atoms with E-state index in [0.717, 1.165) is 42.9 Å². The fourth-order valence-corrected chi connectivity index (χ4v) is 8.34. The smallest absolute Gasteiger partial charge is 0.0577 e. The minimum absolute atomic E-state index is 0.0235. The number of aliphatic hydroxyl groups excluding tert-OH is 2. The van der Waals surface area contributed by atoms with E-state index in [0.29, 0.717) is 17.3 Å². The number of allylic oxidation sites excluding steroid dienone is 3. The van der Waals surface area contributed by atoms with Crippen LogP contribution in [-0.4, -0.2) is 22.9 Å². The highest BCUT2D eigenvalue weighted by molar-refractivity contribution is 5.26. The van der Waals surface area contributed by atoms with E-state index in [9.17, 15) is 10.2 Å². The fourth-order valence-electron chi connectivity index (χ4n) is 8.34. The van der Waals surface area contributed by atoms with Gasteiger partial charge in [-0.3, -0.25) is 0 Å². The second-order valence-electron chi connectivity index (χ2n) is 11.7. The molecule has 2 nitrogen and oxygen atoms in total. The van der Waals surface area contributed by atoms with Crippen LogP contribution in [0.25, 0.3) is 0 Å². The van der Waals surface area contributed by atoms with E-state index in [4.69, 9.17) is 0 Å². The summed E-state index contributed by atoms with van der Waals surface area (Å²) in [5.41, 5.74) is 1.83. The molecule has 0 radical (unpaired) electrons. The molecule has 29 heavy (non-hydrogen) atoms. The van der Waals surface area contributed by atoms with Crippen LogP contribution in [-0.2, 0) is 0 Å². The summed E-state index contributed by atoms with van der Waals surface area (Å²) in [7, 11) is 0. The molecular formula is C27H44O2. The van der Waals surface area contributed by atoms with E-state index in [-0.39, 0.29) is 18.1 Å². The van der Waals surface area contributed by atoms with Gasteiger partial charge in [0.2, 0.25) is 0 Å². The minimum Gasteiger partial charge on any atom is -0.395 e. The Hall–Kier alpha value is -0.600. The van der Waals surface area contributed by atoms with Crippen LogP contribution >= 0.6 is 0 Å². The van der Waals surface area contributed by atoms with Crippen molar-refractivity contribution >= 4 is 0 Å². The Kier molecular flexibility index (Phi) is 6.08. The molecule has 164 valence electrons. The van der Waals surface area contributed by atoms with E-state index < -0.39 is 0 Å². The van der Waals surface area contributed by atoms with Gasteiger partial charge in [0.05, 0.1) is 12.7 Å². The first kappa shape index (κ1) is 21.6. The molecular weight excluding hydrogens is 356 g/mol. The van der Waals surface area contributed by atoms with Crippen molar-refractivity contribution in [2.75, 3.05) is 6.61 Å². The molecule has 2 heteroatoms. The van der Waals surface area contributed by atoms with Crippen molar-refractivity contribution < 1.29 is 10.2 Å². The van der Waals surface area contributed by atoms with Gasteiger partial charge in [0, 0.05) is 5.41 Å². The molecule has 4 rings (SSSR count). The van der Waals surface area contributed by atoms with Crippen LogP contribution in [0.2, 0.25) is 0 Å². The molecule has 0 unspecified atom stereocenters. The Morgan fingerprint density at radius 3 is 2.62 bits per heavy atom. The Morgan fingerprint density at radius 2 is 1.90 bits per heavy atom. The monoisotopic (exact) mass is 400 g/mol. The van der Waals surface area contributed by atoms with Crippen LogP contribution in [0.15, 0.2) is 23.8 Å². The average molecular weight is 401 g/mol. The first-order valence-electron chi connectivity index (χ1n) is 12.5. The summed E-state index contributed by atoms with van der Waals surface area (Å²) >= 11 is 0. The van der Waals surface area contributed by atoms with Crippen LogP contribution in [0, 0.1) is 46.3 Å². The van der Waals surface area contributed by atoms with Gasteiger partial charge in [-0.05, 0) is 98.7 Å². The third-order valence-electron chi connectivity index (χ3n) is 9.84. The maximum atomic E-state index is 10.6. The molecule has 0 aliphatic heterocycles. The van der Waals surface area contributed by atoms with Crippen LogP contribution in [0.3, 0.4) is 0 Å². The lowest BCUT2D eigenvalue weighted by molar-refractivity contribution is -0.0774. The molecule has 3 fully saturated rings. The second-order valence-corrected chi connectivity index (χ2v) is 11.7. The van der Waals surface area contributed by atoms with Gasteiger partial charge in [-0.25, -0.2) is 0 Å². The number of hydrogen-bond donors (Lipinski definition) is 2. The van der Waals surface area contributed by atoms with Gasteiger partial charge in [-0.15, -0.1) is 0 Å².